The molecule has 0 bridgehead atoms. The minimum atomic E-state index is -3.47. The van der Waals surface area contributed by atoms with Gasteiger partial charge in [-0.15, -0.1) is 0 Å². The van der Waals surface area contributed by atoms with Crippen LogP contribution in [0.15, 0.2) is 36.7 Å². The summed E-state index contributed by atoms with van der Waals surface area (Å²) < 4.78 is 24.4. The lowest BCUT2D eigenvalue weighted by Crippen LogP contribution is -2.32. The highest BCUT2D eigenvalue weighted by atomic mass is 35.5. The lowest BCUT2D eigenvalue weighted by atomic mass is 10.2. The smallest absolute Gasteiger partial charge is 0.242 e. The molecule has 1 atom stereocenters. The van der Waals surface area contributed by atoms with Gasteiger partial charge >= 0.3 is 0 Å². The molecule has 0 radical (unpaired) electrons. The van der Waals surface area contributed by atoms with Crippen LogP contribution < -0.4 is 5.32 Å². The summed E-state index contributed by atoms with van der Waals surface area (Å²) in [5, 5.41) is 5.94. The van der Waals surface area contributed by atoms with Crippen molar-refractivity contribution in [3.63, 3.8) is 0 Å². The van der Waals surface area contributed by atoms with Crippen molar-refractivity contribution in [2.45, 2.75) is 12.2 Å². The van der Waals surface area contributed by atoms with Gasteiger partial charge in [-0.25, -0.2) is 13.1 Å². The molecule has 0 fully saturated rings. The fourth-order valence-electron chi connectivity index (χ4n) is 1.65. The lowest BCUT2D eigenvalue weighted by molar-refractivity contribution is -0.115. The fourth-order valence-corrected chi connectivity index (χ4v) is 2.27. The number of anilines is 1. The topological polar surface area (TPSA) is 81.1 Å². The van der Waals surface area contributed by atoms with Crippen LogP contribution in [-0.2, 0) is 14.6 Å². The number of nitrogens with zero attached hydrogens (tertiary/aromatic N) is 2. The molecule has 0 aliphatic heterocycles. The first-order valence-electron chi connectivity index (χ1n) is 6.08. The molecule has 1 aromatic heterocycles. The van der Waals surface area contributed by atoms with Crippen LogP contribution in [0, 0.1) is 0 Å². The third kappa shape index (κ3) is 3.62. The first-order chi connectivity index (χ1) is 9.79. The van der Waals surface area contributed by atoms with Crippen LogP contribution in [0.2, 0.25) is 5.02 Å². The number of carbonyl (C=O) groups excluding carboxylic acids is 1. The number of aromatic nitrogens is 2. The van der Waals surface area contributed by atoms with Crippen molar-refractivity contribution in [2.75, 3.05) is 11.6 Å². The summed E-state index contributed by atoms with van der Waals surface area (Å²) in [6.07, 6.45) is 4.32. The Morgan fingerprint density at radius 3 is 2.71 bits per heavy atom. The lowest BCUT2D eigenvalue weighted by Gasteiger charge is -2.14. The zero-order valence-electron chi connectivity index (χ0n) is 11.4. The summed E-state index contributed by atoms with van der Waals surface area (Å²) in [6.45, 7) is 1.34. The van der Waals surface area contributed by atoms with Gasteiger partial charge in [-0.3, -0.25) is 4.79 Å². The molecule has 1 amide bonds. The highest BCUT2D eigenvalue weighted by molar-refractivity contribution is 7.92. The molecule has 1 heterocycles. The molecule has 2 rings (SSSR count). The number of rotatable bonds is 4. The maximum atomic E-state index is 12.0. The fraction of sp³-hybridized carbons (Fsp3) is 0.231. The number of nitrogens with one attached hydrogen (secondary N) is 1. The third-order valence-electron chi connectivity index (χ3n) is 2.98. The molecule has 8 heteroatoms. The zero-order chi connectivity index (χ0) is 15.6. The molecule has 6 nitrogen and oxygen atoms in total. The highest BCUT2D eigenvalue weighted by Gasteiger charge is 2.24. The molecule has 0 unspecified atom stereocenters. The molecule has 0 saturated heterocycles. The molecule has 0 aliphatic carbocycles. The molecular weight excluding hydrogens is 314 g/mol. The van der Waals surface area contributed by atoms with Crippen molar-refractivity contribution in [2.24, 2.45) is 0 Å². The van der Waals surface area contributed by atoms with Gasteiger partial charge in [-0.1, -0.05) is 11.6 Å². The second-order valence-electron chi connectivity index (χ2n) is 4.57. The van der Waals surface area contributed by atoms with Gasteiger partial charge in [0.25, 0.3) is 0 Å². The van der Waals surface area contributed by atoms with Crippen molar-refractivity contribution in [1.82, 2.24) is 9.78 Å². The zero-order valence-corrected chi connectivity index (χ0v) is 13.0. The first-order valence-corrected chi connectivity index (χ1v) is 8.41. The Morgan fingerprint density at radius 2 is 2.14 bits per heavy atom. The largest absolute Gasteiger partial charge is 0.323 e. The van der Waals surface area contributed by atoms with Crippen LogP contribution in [0.3, 0.4) is 0 Å². The highest BCUT2D eigenvalue weighted by Crippen LogP contribution is 2.24. The van der Waals surface area contributed by atoms with Gasteiger partial charge in [-0.05, 0) is 31.2 Å². The van der Waals surface area contributed by atoms with Crippen molar-refractivity contribution < 1.29 is 13.2 Å². The average Bonchev–Trinajstić information content (AvgIpc) is 2.90. The van der Waals surface area contributed by atoms with Gasteiger partial charge in [0.1, 0.15) is 5.25 Å². The molecule has 0 saturated carbocycles. The second kappa shape index (κ2) is 5.87. The van der Waals surface area contributed by atoms with E-state index in [9.17, 15) is 13.2 Å². The van der Waals surface area contributed by atoms with Crippen LogP contribution >= 0.6 is 11.6 Å². The Labute approximate surface area is 127 Å². The number of sulfone groups is 1. The molecule has 1 aromatic carbocycles. The monoisotopic (exact) mass is 327 g/mol. The number of benzene rings is 1. The first kappa shape index (κ1) is 15.5. The maximum absolute atomic E-state index is 12.0. The molecule has 2 aromatic rings. The van der Waals surface area contributed by atoms with E-state index in [-0.39, 0.29) is 0 Å². The Balaban J connectivity index is 2.36. The van der Waals surface area contributed by atoms with E-state index in [4.69, 9.17) is 11.6 Å². The molecule has 1 N–H and O–H groups in total. The normalized spacial score (nSPS) is 12.9. The van der Waals surface area contributed by atoms with Gasteiger partial charge in [0.2, 0.25) is 5.91 Å². The van der Waals surface area contributed by atoms with Gasteiger partial charge < -0.3 is 5.32 Å². The third-order valence-corrected chi connectivity index (χ3v) is 4.71. The van der Waals surface area contributed by atoms with Crippen molar-refractivity contribution in [1.29, 1.82) is 0 Å². The minimum absolute atomic E-state index is 0.395. The molecule has 0 spiro atoms. The van der Waals surface area contributed by atoms with E-state index in [1.54, 1.807) is 41.3 Å². The van der Waals surface area contributed by atoms with E-state index in [1.807, 2.05) is 0 Å². The van der Waals surface area contributed by atoms with Crippen LogP contribution in [0.1, 0.15) is 6.92 Å². The summed E-state index contributed by atoms with van der Waals surface area (Å²) in [6, 6.07) is 6.63. The summed E-state index contributed by atoms with van der Waals surface area (Å²) in [5.74, 6) is -0.617. The van der Waals surface area contributed by atoms with E-state index >= 15 is 0 Å². The molecular formula is C13H14ClN3O3S. The van der Waals surface area contributed by atoms with Crippen molar-refractivity contribution in [3.05, 3.63) is 41.7 Å². The Bertz CT molecular complexity index is 757. The number of halogens is 1. The predicted molar refractivity (Wildman–Crippen MR) is 81.5 cm³/mol. The van der Waals surface area contributed by atoms with Gasteiger partial charge in [0.05, 0.1) is 11.4 Å². The Morgan fingerprint density at radius 1 is 1.43 bits per heavy atom. The van der Waals surface area contributed by atoms with Crippen LogP contribution in [0.5, 0.6) is 0 Å². The van der Waals surface area contributed by atoms with Crippen molar-refractivity contribution >= 4 is 33.0 Å². The number of hydrogen-bond acceptors (Lipinski definition) is 4. The minimum Gasteiger partial charge on any atom is -0.323 e. The standard InChI is InChI=1S/C13H14ClN3O3S/c1-9(21(2,19)20)13(18)16-11-8-10(14)4-5-12(11)17-7-3-6-15-17/h3-9H,1-2H3,(H,16,18)/t9-/m0/s1. The summed E-state index contributed by atoms with van der Waals surface area (Å²) in [4.78, 5) is 12.0. The molecule has 112 valence electrons. The molecule has 21 heavy (non-hydrogen) atoms. The van der Waals surface area contributed by atoms with Gasteiger partial charge in [0.15, 0.2) is 9.84 Å². The van der Waals surface area contributed by atoms with E-state index < -0.39 is 21.0 Å². The summed E-state index contributed by atoms with van der Waals surface area (Å²) in [7, 11) is -3.47. The number of carbonyl (C=O) groups is 1. The quantitative estimate of drug-likeness (QED) is 0.930. The predicted octanol–water partition coefficient (Wildman–Crippen LogP) is 1.90. The van der Waals surface area contributed by atoms with Gasteiger partial charge in [-0.2, -0.15) is 5.10 Å². The Kier molecular flexibility index (Phi) is 4.34. The summed E-state index contributed by atoms with van der Waals surface area (Å²) in [5.41, 5.74) is 0.991. The SMILES string of the molecule is C[C@@H](C(=O)Nc1cc(Cl)ccc1-n1cccn1)S(C)(=O)=O. The summed E-state index contributed by atoms with van der Waals surface area (Å²) >= 11 is 5.93. The maximum Gasteiger partial charge on any atom is 0.242 e. The van der Waals surface area contributed by atoms with Crippen LogP contribution in [0.4, 0.5) is 5.69 Å². The molecule has 0 aliphatic rings. The van der Waals surface area contributed by atoms with Crippen LogP contribution in [0.25, 0.3) is 5.69 Å². The van der Waals surface area contributed by atoms with E-state index in [1.165, 1.54) is 6.92 Å². The average molecular weight is 328 g/mol. The van der Waals surface area contributed by atoms with E-state index in [0.29, 0.717) is 16.4 Å². The van der Waals surface area contributed by atoms with Crippen molar-refractivity contribution in [3.8, 4) is 5.69 Å². The number of hydrogen-bond donors (Lipinski definition) is 1. The number of amides is 1. The van der Waals surface area contributed by atoms with Gasteiger partial charge in [0, 0.05) is 23.7 Å². The second-order valence-corrected chi connectivity index (χ2v) is 7.38. The Hall–Kier alpha value is -1.86. The van der Waals surface area contributed by atoms with E-state index in [2.05, 4.69) is 10.4 Å². The van der Waals surface area contributed by atoms with E-state index in [0.717, 1.165) is 6.26 Å². The van der Waals surface area contributed by atoms with Crippen LogP contribution in [-0.4, -0.2) is 35.6 Å².